The molecule has 132 valence electrons. The van der Waals surface area contributed by atoms with Gasteiger partial charge >= 0.3 is 0 Å². The molecule has 26 heavy (non-hydrogen) atoms. The van der Waals surface area contributed by atoms with Gasteiger partial charge in [0.2, 0.25) is 0 Å². The average molecular weight is 372 g/mol. The smallest absolute Gasteiger partial charge is 0.289 e. The maximum Gasteiger partial charge on any atom is 0.289 e. The van der Waals surface area contributed by atoms with Crippen molar-refractivity contribution in [3.63, 3.8) is 0 Å². The molecule has 0 spiro atoms. The van der Waals surface area contributed by atoms with Crippen LogP contribution in [0.2, 0.25) is 5.02 Å². The molecule has 7 nitrogen and oxygen atoms in total. The van der Waals surface area contributed by atoms with Crippen molar-refractivity contribution in [2.24, 2.45) is 0 Å². The Hall–Kier alpha value is -3.37. The number of carbonyl (C=O) groups is 1. The molecule has 0 saturated heterocycles. The lowest BCUT2D eigenvalue weighted by molar-refractivity contribution is -0.384. The molecule has 2 rings (SSSR count). The average Bonchev–Trinajstić information content (AvgIpc) is 2.62. The molecule has 0 atom stereocenters. The molecular weight excluding hydrogens is 358 g/mol. The van der Waals surface area contributed by atoms with Crippen molar-refractivity contribution in [1.82, 2.24) is 0 Å². The van der Waals surface area contributed by atoms with Gasteiger partial charge in [-0.3, -0.25) is 14.9 Å². The van der Waals surface area contributed by atoms with Crippen LogP contribution >= 0.6 is 11.6 Å². The lowest BCUT2D eigenvalue weighted by atomic mass is 10.1. The van der Waals surface area contributed by atoms with E-state index in [0.29, 0.717) is 17.9 Å². The second-order valence-electron chi connectivity index (χ2n) is 5.05. The van der Waals surface area contributed by atoms with E-state index in [-0.39, 0.29) is 22.0 Å². The van der Waals surface area contributed by atoms with E-state index in [4.69, 9.17) is 16.3 Å². The van der Waals surface area contributed by atoms with Crippen molar-refractivity contribution in [2.45, 2.75) is 6.92 Å². The lowest BCUT2D eigenvalue weighted by Crippen LogP contribution is -2.13. The molecule has 0 aliphatic heterocycles. The number of anilines is 1. The summed E-state index contributed by atoms with van der Waals surface area (Å²) in [4.78, 5) is 22.5. The minimum absolute atomic E-state index is 0.0431. The van der Waals surface area contributed by atoms with E-state index >= 15 is 0 Å². The fraction of sp³-hybridized carbons (Fsp3) is 0.111. The molecule has 2 aromatic rings. The molecule has 0 aromatic heterocycles. The van der Waals surface area contributed by atoms with Crippen LogP contribution in [0.4, 0.5) is 11.4 Å². The molecule has 0 unspecified atom stereocenters. The number of amides is 1. The van der Waals surface area contributed by atoms with Gasteiger partial charge in [0.1, 0.15) is 22.4 Å². The van der Waals surface area contributed by atoms with Crippen LogP contribution in [0.15, 0.2) is 48.0 Å². The number of nitrogens with zero attached hydrogens (tertiary/aromatic N) is 2. The molecule has 0 heterocycles. The number of carbonyl (C=O) groups excluding carboxylic acids is 1. The molecule has 2 aromatic carbocycles. The third-order valence-electron chi connectivity index (χ3n) is 3.27. The standard InChI is InChI=1S/C18H14ClN3O4/c1-2-26-15-6-3-12(4-7-15)9-13(11-20)18(23)21-14-5-8-16(19)17(10-14)22(24)25/h3-10H,2H2,1H3,(H,21,23)/b13-9+. The maximum atomic E-state index is 12.3. The van der Waals surface area contributed by atoms with Crippen molar-refractivity contribution in [3.05, 3.63) is 68.7 Å². The first-order chi connectivity index (χ1) is 12.4. The largest absolute Gasteiger partial charge is 0.494 e. The van der Waals surface area contributed by atoms with Gasteiger partial charge in [-0.25, -0.2) is 0 Å². The predicted molar refractivity (Wildman–Crippen MR) is 97.9 cm³/mol. The van der Waals surface area contributed by atoms with E-state index in [0.717, 1.165) is 6.07 Å². The van der Waals surface area contributed by atoms with Crippen LogP contribution in [0.3, 0.4) is 0 Å². The summed E-state index contributed by atoms with van der Waals surface area (Å²) in [5.41, 5.74) is 0.325. The lowest BCUT2D eigenvalue weighted by Gasteiger charge is -2.06. The quantitative estimate of drug-likeness (QED) is 0.354. The highest BCUT2D eigenvalue weighted by Gasteiger charge is 2.15. The Kier molecular flexibility index (Phi) is 6.31. The van der Waals surface area contributed by atoms with Crippen LogP contribution in [0, 0.1) is 21.4 Å². The van der Waals surface area contributed by atoms with Gasteiger partial charge in [-0.1, -0.05) is 23.7 Å². The van der Waals surface area contributed by atoms with E-state index in [1.165, 1.54) is 18.2 Å². The number of nitro benzene ring substituents is 1. The summed E-state index contributed by atoms with van der Waals surface area (Å²) in [6.45, 7) is 2.40. The van der Waals surface area contributed by atoms with Crippen molar-refractivity contribution in [3.8, 4) is 11.8 Å². The highest BCUT2D eigenvalue weighted by Crippen LogP contribution is 2.27. The summed E-state index contributed by atoms with van der Waals surface area (Å²) in [6, 6.07) is 12.5. The highest BCUT2D eigenvalue weighted by molar-refractivity contribution is 6.32. The summed E-state index contributed by atoms with van der Waals surface area (Å²) in [7, 11) is 0. The Morgan fingerprint density at radius 3 is 2.62 bits per heavy atom. The van der Waals surface area contributed by atoms with E-state index in [9.17, 15) is 20.2 Å². The summed E-state index contributed by atoms with van der Waals surface area (Å²) < 4.78 is 5.33. The third-order valence-corrected chi connectivity index (χ3v) is 3.59. The molecule has 0 aliphatic carbocycles. The molecule has 8 heteroatoms. The van der Waals surface area contributed by atoms with Crippen LogP contribution in [0.1, 0.15) is 12.5 Å². The first-order valence-electron chi connectivity index (χ1n) is 7.54. The van der Waals surface area contributed by atoms with E-state index in [1.54, 1.807) is 24.3 Å². The number of hydrogen-bond acceptors (Lipinski definition) is 5. The fourth-order valence-electron chi connectivity index (χ4n) is 2.07. The van der Waals surface area contributed by atoms with Crippen molar-refractivity contribution in [1.29, 1.82) is 5.26 Å². The number of benzene rings is 2. The Labute approximate surface area is 154 Å². The van der Waals surface area contributed by atoms with Gasteiger partial charge < -0.3 is 10.1 Å². The second kappa shape index (κ2) is 8.65. The van der Waals surface area contributed by atoms with Gasteiger partial charge in [0.25, 0.3) is 11.6 Å². The van der Waals surface area contributed by atoms with Gasteiger partial charge in [0, 0.05) is 11.8 Å². The molecular formula is C18H14ClN3O4. The molecule has 0 saturated carbocycles. The summed E-state index contributed by atoms with van der Waals surface area (Å²) in [6.07, 6.45) is 1.41. The third kappa shape index (κ3) is 4.82. The Bertz CT molecular complexity index is 902. The maximum absolute atomic E-state index is 12.3. The van der Waals surface area contributed by atoms with Crippen LogP contribution in [-0.4, -0.2) is 17.4 Å². The number of nitriles is 1. The van der Waals surface area contributed by atoms with Crippen LogP contribution < -0.4 is 10.1 Å². The Balaban J connectivity index is 2.19. The first-order valence-corrected chi connectivity index (χ1v) is 7.92. The topological polar surface area (TPSA) is 105 Å². The van der Waals surface area contributed by atoms with Crippen molar-refractivity contribution < 1.29 is 14.5 Å². The van der Waals surface area contributed by atoms with E-state index in [2.05, 4.69) is 5.32 Å². The van der Waals surface area contributed by atoms with Gasteiger partial charge in [-0.05, 0) is 42.8 Å². The monoisotopic (exact) mass is 371 g/mol. The Morgan fingerprint density at radius 2 is 2.04 bits per heavy atom. The summed E-state index contributed by atoms with van der Waals surface area (Å²) in [5, 5.41) is 22.5. The molecule has 0 fully saturated rings. The second-order valence-corrected chi connectivity index (χ2v) is 5.46. The minimum Gasteiger partial charge on any atom is -0.494 e. The first kappa shape index (κ1) is 19.0. The normalized spacial score (nSPS) is 10.7. The zero-order valence-corrected chi connectivity index (χ0v) is 14.5. The zero-order valence-electron chi connectivity index (χ0n) is 13.7. The van der Waals surface area contributed by atoms with Crippen molar-refractivity contribution in [2.75, 3.05) is 11.9 Å². The van der Waals surface area contributed by atoms with Crippen LogP contribution in [0.25, 0.3) is 6.08 Å². The molecule has 0 aliphatic rings. The van der Waals surface area contributed by atoms with Crippen LogP contribution in [-0.2, 0) is 4.79 Å². The molecule has 0 bridgehead atoms. The van der Waals surface area contributed by atoms with Crippen LogP contribution in [0.5, 0.6) is 5.75 Å². The number of nitrogens with one attached hydrogen (secondary N) is 1. The zero-order chi connectivity index (χ0) is 19.1. The summed E-state index contributed by atoms with van der Waals surface area (Å²) >= 11 is 5.73. The molecule has 1 amide bonds. The SMILES string of the molecule is CCOc1ccc(/C=C(\C#N)C(=O)Nc2ccc(Cl)c([N+](=O)[O-])c2)cc1. The molecule has 0 radical (unpaired) electrons. The predicted octanol–water partition coefficient (Wildman–Crippen LogP) is 4.19. The number of nitro groups is 1. The number of rotatable bonds is 6. The Morgan fingerprint density at radius 1 is 1.35 bits per heavy atom. The molecule has 1 N–H and O–H groups in total. The fourth-order valence-corrected chi connectivity index (χ4v) is 2.26. The minimum atomic E-state index is -0.682. The number of halogens is 1. The van der Waals surface area contributed by atoms with Gasteiger partial charge in [0.15, 0.2) is 0 Å². The van der Waals surface area contributed by atoms with Gasteiger partial charge in [-0.2, -0.15) is 5.26 Å². The summed E-state index contributed by atoms with van der Waals surface area (Å²) in [5.74, 6) is -0.000844. The van der Waals surface area contributed by atoms with Gasteiger partial charge in [0.05, 0.1) is 11.5 Å². The van der Waals surface area contributed by atoms with E-state index in [1.807, 2.05) is 13.0 Å². The van der Waals surface area contributed by atoms with E-state index < -0.39 is 10.8 Å². The number of ether oxygens (including phenoxy) is 1. The van der Waals surface area contributed by atoms with Gasteiger partial charge in [-0.15, -0.1) is 0 Å². The number of hydrogen-bond donors (Lipinski definition) is 1. The highest BCUT2D eigenvalue weighted by atomic mass is 35.5. The van der Waals surface area contributed by atoms with Crippen molar-refractivity contribution >= 4 is 35.0 Å².